The van der Waals surface area contributed by atoms with Crippen molar-refractivity contribution in [2.24, 2.45) is 5.92 Å². The first-order chi connectivity index (χ1) is 8.47. The van der Waals surface area contributed by atoms with Crippen molar-refractivity contribution in [1.29, 1.82) is 0 Å². The monoisotopic (exact) mass is 253 g/mol. The van der Waals surface area contributed by atoms with Crippen LogP contribution in [-0.4, -0.2) is 61.0 Å². The van der Waals surface area contributed by atoms with Gasteiger partial charge in [-0.05, 0) is 32.7 Å². The largest absolute Gasteiger partial charge is 0.344 e. The summed E-state index contributed by atoms with van der Waals surface area (Å²) in [4.78, 5) is 15.8. The van der Waals surface area contributed by atoms with Crippen molar-refractivity contribution < 1.29 is 4.79 Å². The Bertz CT molecular complexity index is 307. The van der Waals surface area contributed by atoms with Crippen LogP contribution in [0, 0.1) is 5.92 Å². The second kappa shape index (κ2) is 5.57. The highest BCUT2D eigenvalue weighted by Crippen LogP contribution is 2.22. The van der Waals surface area contributed by atoms with Gasteiger partial charge in [-0.1, -0.05) is 6.92 Å². The number of rotatable bonds is 2. The normalized spacial score (nSPS) is 39.1. The van der Waals surface area contributed by atoms with Crippen molar-refractivity contribution >= 4 is 5.91 Å². The predicted molar refractivity (Wildman–Crippen MR) is 73.5 cm³/mol. The lowest BCUT2D eigenvalue weighted by atomic mass is 9.88. The third-order valence-electron chi connectivity index (χ3n) is 4.69. The van der Waals surface area contributed by atoms with E-state index in [1.54, 1.807) is 0 Å². The zero-order valence-electron chi connectivity index (χ0n) is 12.1. The topological polar surface area (TPSA) is 35.6 Å². The van der Waals surface area contributed by atoms with Gasteiger partial charge in [0.25, 0.3) is 0 Å². The van der Waals surface area contributed by atoms with Crippen LogP contribution in [0.4, 0.5) is 0 Å². The number of likely N-dealkylation sites (tertiary alicyclic amines) is 2. The summed E-state index contributed by atoms with van der Waals surface area (Å²) < 4.78 is 0. The average Bonchev–Trinajstić information content (AvgIpc) is 2.31. The lowest BCUT2D eigenvalue weighted by Gasteiger charge is -2.42. The Hall–Kier alpha value is -0.610. The maximum Gasteiger partial charge on any atom is 0.222 e. The first-order valence-corrected chi connectivity index (χ1v) is 7.17. The van der Waals surface area contributed by atoms with E-state index in [2.05, 4.69) is 31.1 Å². The van der Waals surface area contributed by atoms with Crippen LogP contribution in [0.5, 0.6) is 0 Å². The Balaban J connectivity index is 1.87. The molecule has 1 amide bonds. The third-order valence-corrected chi connectivity index (χ3v) is 4.69. The van der Waals surface area contributed by atoms with Gasteiger partial charge in [-0.3, -0.25) is 4.79 Å². The zero-order chi connectivity index (χ0) is 13.3. The molecule has 0 aromatic carbocycles. The molecule has 0 bridgehead atoms. The van der Waals surface area contributed by atoms with E-state index in [9.17, 15) is 4.79 Å². The molecule has 0 spiro atoms. The van der Waals surface area contributed by atoms with Gasteiger partial charge in [0.15, 0.2) is 0 Å². The lowest BCUT2D eigenvalue weighted by Crippen LogP contribution is -2.56. The molecule has 4 atom stereocenters. The van der Waals surface area contributed by atoms with Gasteiger partial charge in [0, 0.05) is 44.7 Å². The molecule has 2 aliphatic rings. The summed E-state index contributed by atoms with van der Waals surface area (Å²) in [5.74, 6) is 0.979. The van der Waals surface area contributed by atoms with Crippen LogP contribution in [0.15, 0.2) is 0 Å². The standard InChI is InChI=1S/C14H27N3O/c1-10-8-16(3)11(2)7-13(10)15-12-5-6-14(18)17(4)9-12/h10-13,15H,5-9H2,1-4H3. The van der Waals surface area contributed by atoms with E-state index in [1.165, 1.54) is 13.0 Å². The van der Waals surface area contributed by atoms with Crippen LogP contribution in [0.2, 0.25) is 0 Å². The van der Waals surface area contributed by atoms with Gasteiger partial charge in [0.1, 0.15) is 0 Å². The molecule has 104 valence electrons. The Morgan fingerprint density at radius 2 is 1.94 bits per heavy atom. The van der Waals surface area contributed by atoms with Crippen LogP contribution in [-0.2, 0) is 4.79 Å². The van der Waals surface area contributed by atoms with Crippen molar-refractivity contribution in [3.8, 4) is 0 Å². The highest BCUT2D eigenvalue weighted by molar-refractivity contribution is 5.76. The van der Waals surface area contributed by atoms with E-state index in [0.717, 1.165) is 13.0 Å². The van der Waals surface area contributed by atoms with E-state index in [0.29, 0.717) is 30.5 Å². The molecule has 0 aromatic heterocycles. The number of likely N-dealkylation sites (N-methyl/N-ethyl adjacent to an activating group) is 1. The third kappa shape index (κ3) is 3.04. The molecule has 2 fully saturated rings. The van der Waals surface area contributed by atoms with E-state index in [-0.39, 0.29) is 5.91 Å². The molecular weight excluding hydrogens is 226 g/mol. The van der Waals surface area contributed by atoms with Crippen LogP contribution in [0.1, 0.15) is 33.1 Å². The smallest absolute Gasteiger partial charge is 0.222 e. The summed E-state index contributed by atoms with van der Waals surface area (Å²) in [5, 5.41) is 3.79. The molecule has 2 heterocycles. The fourth-order valence-electron chi connectivity index (χ4n) is 3.22. The first-order valence-electron chi connectivity index (χ1n) is 7.17. The Kier molecular flexibility index (Phi) is 4.28. The molecule has 2 saturated heterocycles. The Morgan fingerprint density at radius 1 is 1.22 bits per heavy atom. The fraction of sp³-hybridized carbons (Fsp3) is 0.929. The summed E-state index contributed by atoms with van der Waals surface area (Å²) in [7, 11) is 4.13. The molecule has 0 radical (unpaired) electrons. The van der Waals surface area contributed by atoms with Crippen molar-refractivity contribution in [2.75, 3.05) is 27.2 Å². The summed E-state index contributed by atoms with van der Waals surface area (Å²) >= 11 is 0. The van der Waals surface area contributed by atoms with Crippen molar-refractivity contribution in [2.45, 2.75) is 51.2 Å². The Morgan fingerprint density at radius 3 is 2.61 bits per heavy atom. The minimum Gasteiger partial charge on any atom is -0.344 e. The molecule has 2 aliphatic heterocycles. The van der Waals surface area contributed by atoms with E-state index in [1.807, 2.05) is 11.9 Å². The molecule has 18 heavy (non-hydrogen) atoms. The highest BCUT2D eigenvalue weighted by atomic mass is 16.2. The quantitative estimate of drug-likeness (QED) is 0.795. The van der Waals surface area contributed by atoms with Crippen molar-refractivity contribution in [3.05, 3.63) is 0 Å². The summed E-state index contributed by atoms with van der Waals surface area (Å²) in [6, 6.07) is 1.74. The van der Waals surface area contributed by atoms with Gasteiger partial charge in [-0.2, -0.15) is 0 Å². The predicted octanol–water partition coefficient (Wildman–Crippen LogP) is 0.925. The molecule has 0 saturated carbocycles. The summed E-state index contributed by atoms with van der Waals surface area (Å²) in [5.41, 5.74) is 0. The number of hydrogen-bond donors (Lipinski definition) is 1. The van der Waals surface area contributed by atoms with Crippen LogP contribution in [0.25, 0.3) is 0 Å². The summed E-state index contributed by atoms with van der Waals surface area (Å²) in [6.45, 7) is 6.67. The first kappa shape index (κ1) is 13.8. The lowest BCUT2D eigenvalue weighted by molar-refractivity contribution is -0.132. The average molecular weight is 253 g/mol. The number of amides is 1. The minimum absolute atomic E-state index is 0.290. The van der Waals surface area contributed by atoms with Gasteiger partial charge >= 0.3 is 0 Å². The highest BCUT2D eigenvalue weighted by Gasteiger charge is 2.32. The number of nitrogens with one attached hydrogen (secondary N) is 1. The summed E-state index contributed by atoms with van der Waals surface area (Å²) in [6.07, 6.45) is 2.91. The minimum atomic E-state index is 0.290. The molecule has 2 rings (SSSR count). The maximum absolute atomic E-state index is 11.5. The molecule has 4 unspecified atom stereocenters. The van der Waals surface area contributed by atoms with Crippen LogP contribution < -0.4 is 5.32 Å². The molecular formula is C14H27N3O. The van der Waals surface area contributed by atoms with Crippen LogP contribution >= 0.6 is 0 Å². The van der Waals surface area contributed by atoms with Crippen molar-refractivity contribution in [3.63, 3.8) is 0 Å². The van der Waals surface area contributed by atoms with Gasteiger partial charge < -0.3 is 15.1 Å². The molecule has 4 nitrogen and oxygen atoms in total. The van der Waals surface area contributed by atoms with Gasteiger partial charge in [0.2, 0.25) is 5.91 Å². The maximum atomic E-state index is 11.5. The second-order valence-electron chi connectivity index (χ2n) is 6.28. The van der Waals surface area contributed by atoms with E-state index in [4.69, 9.17) is 0 Å². The van der Waals surface area contributed by atoms with Gasteiger partial charge in [0.05, 0.1) is 0 Å². The van der Waals surface area contributed by atoms with E-state index < -0.39 is 0 Å². The Labute approximate surface area is 111 Å². The molecule has 0 aromatic rings. The fourth-order valence-corrected chi connectivity index (χ4v) is 3.22. The van der Waals surface area contributed by atoms with Crippen molar-refractivity contribution in [1.82, 2.24) is 15.1 Å². The number of nitrogens with zero attached hydrogens (tertiary/aromatic N) is 2. The van der Waals surface area contributed by atoms with Crippen LogP contribution in [0.3, 0.4) is 0 Å². The van der Waals surface area contributed by atoms with E-state index >= 15 is 0 Å². The molecule has 1 N–H and O–H groups in total. The number of carbonyl (C=O) groups excluding carboxylic acids is 1. The number of carbonyl (C=O) groups is 1. The number of piperidine rings is 2. The zero-order valence-corrected chi connectivity index (χ0v) is 12.1. The second-order valence-corrected chi connectivity index (χ2v) is 6.28. The van der Waals surface area contributed by atoms with Gasteiger partial charge in [-0.15, -0.1) is 0 Å². The number of hydrogen-bond acceptors (Lipinski definition) is 3. The van der Waals surface area contributed by atoms with Gasteiger partial charge in [-0.25, -0.2) is 0 Å². The molecule has 4 heteroatoms. The molecule has 0 aliphatic carbocycles. The SMILES string of the molecule is CC1CN(C)C(C)CC1NC1CCC(=O)N(C)C1.